The molecule has 114 heavy (non-hydrogen) atoms. The zero-order chi connectivity index (χ0) is 86.7. The highest BCUT2D eigenvalue weighted by Gasteiger charge is 2.46. The molecule has 0 saturated carbocycles. The molecule has 29 heteroatoms. The summed E-state index contributed by atoms with van der Waals surface area (Å²) in [5.41, 5.74) is 1.11. The van der Waals surface area contributed by atoms with E-state index in [-0.39, 0.29) is 55.8 Å². The summed E-state index contributed by atoms with van der Waals surface area (Å²) in [6.45, 7) is 33.2. The molecule has 2 aliphatic heterocycles. The molecule has 0 aliphatic carbocycles. The van der Waals surface area contributed by atoms with Gasteiger partial charge in [-0.15, -0.1) is 0 Å². The number of benzene rings is 2. The van der Waals surface area contributed by atoms with Crippen molar-refractivity contribution < 1.29 is 81.2 Å². The number of nitrogens with zero attached hydrogens (tertiary/aromatic N) is 7. The molecule has 0 radical (unpaired) electrons. The second-order valence-electron chi connectivity index (χ2n) is 33.4. The maximum absolute atomic E-state index is 15.1. The summed E-state index contributed by atoms with van der Waals surface area (Å²) >= 11 is 0. The van der Waals surface area contributed by atoms with Crippen LogP contribution in [0.1, 0.15) is 176 Å². The van der Waals surface area contributed by atoms with Crippen molar-refractivity contribution in [3.05, 3.63) is 64.5 Å². The maximum Gasteiger partial charge on any atom is 0.347 e. The third-order valence-corrected chi connectivity index (χ3v) is 21.0. The summed E-state index contributed by atoms with van der Waals surface area (Å²) < 4.78 is 28.3. The standard InChI is InChI=1S/C62H111N11O12.C23H22O6/c1-25-27-28-40(15)52(75)51-56(79)65-43(26-2)58(81)67(18)33-48(74)68(19)44(29-34(3)4)55(78)66-49(38(11)12)61(84)69(20)45(30-35(5)6)54(77)63-41(16)53(76)64-42(17)57(80)70(21)46(31-36(7)8)59(82)71(22)47(32-37(9)10)60(83)72(23)50(39(13)14)62(85)73(51)24;1-23(2)11-10-15-16(29-23)12-17-19(20(15)26-4)21(27-5)18(22(24)28-17)13-6-8-14(25-3)9-7-13/h25,27,34-47,49-52,75H,26,28-33H2,1-24H3,(H,63,77)(H,64,76)(H,65,79)(H,66,78);6-12H,1-5H3. The van der Waals surface area contributed by atoms with Gasteiger partial charge in [-0.3, -0.25) is 52.7 Å². The number of fused-ring (bicyclic) bond motifs is 2. The molecule has 12 unspecified atom stereocenters. The molecular formula is C85H133N11O18. The molecule has 0 bridgehead atoms. The van der Waals surface area contributed by atoms with Gasteiger partial charge in [0.2, 0.25) is 65.0 Å². The number of nitrogens with one attached hydrogen (secondary N) is 4. The van der Waals surface area contributed by atoms with Crippen molar-refractivity contribution in [3.8, 4) is 34.1 Å². The van der Waals surface area contributed by atoms with Crippen LogP contribution in [0.3, 0.4) is 0 Å². The van der Waals surface area contributed by atoms with Gasteiger partial charge in [0.05, 0.1) is 39.5 Å². The van der Waals surface area contributed by atoms with Gasteiger partial charge in [-0.1, -0.05) is 121 Å². The van der Waals surface area contributed by atoms with Crippen molar-refractivity contribution in [1.29, 1.82) is 0 Å². The molecule has 2 aliphatic rings. The lowest BCUT2D eigenvalue weighted by atomic mass is 9.91. The van der Waals surface area contributed by atoms with Gasteiger partial charge in [0.25, 0.3) is 0 Å². The van der Waals surface area contributed by atoms with E-state index in [0.717, 1.165) is 15.4 Å². The molecule has 636 valence electrons. The fourth-order valence-electron chi connectivity index (χ4n) is 14.2. The third kappa shape index (κ3) is 24.5. The molecule has 0 spiro atoms. The largest absolute Gasteiger partial charge is 0.497 e. The van der Waals surface area contributed by atoms with Gasteiger partial charge in [-0.2, -0.15) is 0 Å². The van der Waals surface area contributed by atoms with Crippen molar-refractivity contribution in [1.82, 2.24) is 55.6 Å². The quantitative estimate of drug-likeness (QED) is 0.0561. The van der Waals surface area contributed by atoms with E-state index in [2.05, 4.69) is 21.3 Å². The molecule has 29 nitrogen and oxygen atoms in total. The minimum Gasteiger partial charge on any atom is -0.497 e. The average Bonchev–Trinajstić information content (AvgIpc) is 0.738. The first kappa shape index (κ1) is 96.8. The molecule has 2 aromatic carbocycles. The van der Waals surface area contributed by atoms with Crippen LogP contribution in [0.25, 0.3) is 28.2 Å². The van der Waals surface area contributed by atoms with E-state index >= 15 is 9.59 Å². The number of carbonyl (C=O) groups excluding carboxylic acids is 11. The lowest BCUT2D eigenvalue weighted by Crippen LogP contribution is -2.63. The van der Waals surface area contributed by atoms with Crippen LogP contribution in [-0.2, 0) is 52.7 Å². The summed E-state index contributed by atoms with van der Waals surface area (Å²) in [6.07, 6.45) is 6.95. The number of rotatable bonds is 19. The first-order valence-corrected chi connectivity index (χ1v) is 39.7. The summed E-state index contributed by atoms with van der Waals surface area (Å²) in [5.74, 6) is -7.52. The van der Waals surface area contributed by atoms with Gasteiger partial charge in [0.15, 0.2) is 0 Å². The Balaban J connectivity index is 0.000000774. The molecule has 5 N–H and O–H groups in total. The van der Waals surface area contributed by atoms with Crippen molar-refractivity contribution in [3.63, 3.8) is 0 Å². The van der Waals surface area contributed by atoms with E-state index in [1.807, 2.05) is 87.5 Å². The summed E-state index contributed by atoms with van der Waals surface area (Å²) in [5, 5.41) is 23.6. The topological polar surface area (TPSA) is 346 Å². The zero-order valence-corrected chi connectivity index (χ0v) is 73.1. The summed E-state index contributed by atoms with van der Waals surface area (Å²) in [7, 11) is 14.6. The highest BCUT2D eigenvalue weighted by molar-refractivity contribution is 6.02. The number of allylic oxidation sites excluding steroid dienone is 2. The lowest BCUT2D eigenvalue weighted by Gasteiger charge is -2.41. The number of amides is 11. The second kappa shape index (κ2) is 42.7. The Morgan fingerprint density at radius 3 is 1.52 bits per heavy atom. The summed E-state index contributed by atoms with van der Waals surface area (Å²) in [6, 6.07) is -3.49. The Morgan fingerprint density at radius 2 is 1.03 bits per heavy atom. The van der Waals surface area contributed by atoms with Crippen LogP contribution >= 0.6 is 0 Å². The first-order valence-electron chi connectivity index (χ1n) is 39.7. The minimum absolute atomic E-state index is 0.0229. The monoisotopic (exact) mass is 1600 g/mol. The first-order chi connectivity index (χ1) is 53.1. The third-order valence-electron chi connectivity index (χ3n) is 21.0. The number of carbonyl (C=O) groups is 11. The maximum atomic E-state index is 15.1. The predicted octanol–water partition coefficient (Wildman–Crippen LogP) is 7.94. The van der Waals surface area contributed by atoms with E-state index in [1.165, 1.54) is 94.8 Å². The van der Waals surface area contributed by atoms with Gasteiger partial charge >= 0.3 is 5.63 Å². The van der Waals surface area contributed by atoms with Crippen LogP contribution in [-0.4, -0.2) is 254 Å². The van der Waals surface area contributed by atoms with Crippen molar-refractivity contribution in [2.24, 2.45) is 41.4 Å². The van der Waals surface area contributed by atoms with Crippen LogP contribution in [0, 0.1) is 41.4 Å². The number of methoxy groups -OCH3 is 3. The fraction of sp³-hybridized carbons (Fsp3) is 0.647. The van der Waals surface area contributed by atoms with E-state index < -0.39 is 167 Å². The number of hydrogen-bond donors (Lipinski definition) is 5. The molecule has 11 amide bonds. The van der Waals surface area contributed by atoms with Crippen molar-refractivity contribution in [2.75, 3.05) is 77.2 Å². The molecular weight excluding hydrogens is 1460 g/mol. The normalized spacial score (nSPS) is 23.7. The Hall–Kier alpha value is -9.54. The zero-order valence-electron chi connectivity index (χ0n) is 73.1. The Labute approximate surface area is 675 Å². The predicted molar refractivity (Wildman–Crippen MR) is 440 cm³/mol. The molecule has 3 aromatic rings. The van der Waals surface area contributed by atoms with E-state index in [0.29, 0.717) is 51.5 Å². The minimum atomic E-state index is -1.61. The molecule has 1 fully saturated rings. The van der Waals surface area contributed by atoms with Gasteiger partial charge in [-0.25, -0.2) is 4.79 Å². The Bertz CT molecular complexity index is 3980. The van der Waals surface area contributed by atoms with Crippen LogP contribution in [0.15, 0.2) is 57.8 Å². The molecule has 5 rings (SSSR count). The van der Waals surface area contributed by atoms with Gasteiger partial charge in [0, 0.05) is 55.4 Å². The average molecular weight is 1600 g/mol. The number of aliphatic hydroxyl groups is 1. The number of likely N-dealkylation sites (N-methyl/N-ethyl adjacent to an activating group) is 7. The number of ether oxygens (including phenoxy) is 4. The molecule has 1 saturated heterocycles. The van der Waals surface area contributed by atoms with Crippen LogP contribution in [0.2, 0.25) is 0 Å². The van der Waals surface area contributed by atoms with E-state index in [4.69, 9.17) is 23.4 Å². The van der Waals surface area contributed by atoms with E-state index in [1.54, 1.807) is 99.1 Å². The Kier molecular flexibility index (Phi) is 36.3. The van der Waals surface area contributed by atoms with Crippen LogP contribution in [0.4, 0.5) is 0 Å². The summed E-state index contributed by atoms with van der Waals surface area (Å²) in [4.78, 5) is 181. The molecule has 1 aromatic heterocycles. The second-order valence-corrected chi connectivity index (χ2v) is 33.4. The fourth-order valence-corrected chi connectivity index (χ4v) is 14.2. The van der Waals surface area contributed by atoms with Gasteiger partial charge in [-0.05, 0) is 144 Å². The van der Waals surface area contributed by atoms with Crippen LogP contribution in [0.5, 0.6) is 23.0 Å². The lowest BCUT2D eigenvalue weighted by molar-refractivity contribution is -0.157. The van der Waals surface area contributed by atoms with Crippen molar-refractivity contribution >= 4 is 82.0 Å². The molecule has 3 heterocycles. The smallest absolute Gasteiger partial charge is 0.347 e. The van der Waals surface area contributed by atoms with E-state index in [9.17, 15) is 53.1 Å². The SMILES string of the molecule is CC=CCC(C)C(O)C1C(=O)NC(CC)C(=O)N(C)CC(=O)N(C)C(CC(C)C)C(=O)NC(C(C)C)C(=O)N(C)C(CC(C)C)C(=O)NC(C)C(=O)NC(C)C(=O)N(C)C(CC(C)C)C(=O)N(C)C(CC(C)C)C(=O)N(C)C(C(C)C)C(=O)N1C.COc1ccc(-c2c(OC)c3c(OC)c4c(cc3oc2=O)OC(C)(C)C=C4)cc1. The molecule has 12 atom stereocenters. The van der Waals surface area contributed by atoms with Gasteiger partial charge < -0.3 is 84.0 Å². The van der Waals surface area contributed by atoms with Crippen molar-refractivity contribution in [2.45, 2.75) is 242 Å². The highest BCUT2D eigenvalue weighted by Crippen LogP contribution is 2.47. The Morgan fingerprint density at radius 1 is 0.544 bits per heavy atom. The van der Waals surface area contributed by atoms with Gasteiger partial charge in [0.1, 0.15) is 106 Å². The highest BCUT2D eigenvalue weighted by atomic mass is 16.5. The van der Waals surface area contributed by atoms with Crippen LogP contribution < -0.4 is 45.8 Å². The number of aliphatic hydroxyl groups excluding tert-OH is 1. The number of hydrogen-bond acceptors (Lipinski definition) is 18.